The minimum Gasteiger partial charge on any atom is -0.493 e. The van der Waals surface area contributed by atoms with Gasteiger partial charge in [-0.3, -0.25) is 0 Å². The summed E-state index contributed by atoms with van der Waals surface area (Å²) in [7, 11) is 8.59. The van der Waals surface area contributed by atoms with Crippen LogP contribution in [0.3, 0.4) is 0 Å². The molecule has 0 fully saturated rings. The number of hydrogen-bond acceptors (Lipinski definition) is 6. The summed E-state index contributed by atoms with van der Waals surface area (Å²) in [5.74, 6) is 0.854. The highest BCUT2D eigenvalue weighted by atomic mass is 16.5. The van der Waals surface area contributed by atoms with Crippen LogP contribution in [-0.2, 0) is 11.2 Å². The van der Waals surface area contributed by atoms with E-state index in [1.807, 2.05) is 32.3 Å². The van der Waals surface area contributed by atoms with Crippen LogP contribution in [0, 0.1) is 0 Å². The van der Waals surface area contributed by atoms with E-state index >= 15 is 0 Å². The number of carbonyl (C=O) groups excluding carboxylic acids is 1. The number of fused-ring (bicyclic) bond motifs is 1. The van der Waals surface area contributed by atoms with E-state index in [1.165, 1.54) is 26.9 Å². The minimum atomic E-state index is -0.423. The Kier molecular flexibility index (Phi) is 6.09. The lowest BCUT2D eigenvalue weighted by atomic mass is 9.85. The highest BCUT2D eigenvalue weighted by molar-refractivity contribution is 5.91. The van der Waals surface area contributed by atoms with Crippen molar-refractivity contribution in [1.82, 2.24) is 4.90 Å². The lowest BCUT2D eigenvalue weighted by molar-refractivity contribution is 0.000555. The van der Waals surface area contributed by atoms with Gasteiger partial charge in [0.25, 0.3) is 0 Å². The molecule has 2 aromatic carbocycles. The summed E-state index contributed by atoms with van der Waals surface area (Å²) in [5.41, 5.74) is 2.64. The normalized spacial score (nSPS) is 18.4. The highest BCUT2D eigenvalue weighted by Crippen LogP contribution is 2.40. The summed E-state index contributed by atoms with van der Waals surface area (Å²) in [6, 6.07) is 11.5. The number of methoxy groups -OCH3 is 3. The molecular formula is C22H27NO5. The van der Waals surface area contributed by atoms with Crippen molar-refractivity contribution in [2.75, 3.05) is 35.4 Å². The van der Waals surface area contributed by atoms with Gasteiger partial charge in [0.2, 0.25) is 5.75 Å². The first kappa shape index (κ1) is 20.0. The van der Waals surface area contributed by atoms with E-state index in [4.69, 9.17) is 18.9 Å². The summed E-state index contributed by atoms with van der Waals surface area (Å²) >= 11 is 0. The summed E-state index contributed by atoms with van der Waals surface area (Å²) in [5, 5.41) is 0. The lowest BCUT2D eigenvalue weighted by Crippen LogP contribution is -2.39. The molecule has 6 heteroatoms. The van der Waals surface area contributed by atoms with Gasteiger partial charge in [0.15, 0.2) is 11.5 Å². The van der Waals surface area contributed by atoms with Gasteiger partial charge in [-0.2, -0.15) is 0 Å². The van der Waals surface area contributed by atoms with E-state index in [2.05, 4.69) is 11.0 Å². The fourth-order valence-corrected chi connectivity index (χ4v) is 3.75. The molecule has 0 aliphatic heterocycles. The number of carbonyl (C=O) groups is 1. The average Bonchev–Trinajstić information content (AvgIpc) is 2.72. The molecule has 0 spiro atoms. The molecule has 0 saturated carbocycles. The van der Waals surface area contributed by atoms with Crippen LogP contribution in [0.2, 0.25) is 0 Å². The van der Waals surface area contributed by atoms with Gasteiger partial charge in [-0.15, -0.1) is 0 Å². The van der Waals surface area contributed by atoms with Gasteiger partial charge in [0.1, 0.15) is 6.10 Å². The molecule has 0 aromatic heterocycles. The molecule has 0 unspecified atom stereocenters. The zero-order chi connectivity index (χ0) is 20.3. The van der Waals surface area contributed by atoms with Gasteiger partial charge in [0, 0.05) is 0 Å². The molecule has 0 saturated heterocycles. The average molecular weight is 385 g/mol. The molecule has 0 heterocycles. The Balaban J connectivity index is 1.95. The first-order valence-corrected chi connectivity index (χ1v) is 9.25. The lowest BCUT2D eigenvalue weighted by Gasteiger charge is -2.37. The van der Waals surface area contributed by atoms with Crippen LogP contribution in [0.5, 0.6) is 17.2 Å². The van der Waals surface area contributed by atoms with Crippen molar-refractivity contribution < 1.29 is 23.7 Å². The van der Waals surface area contributed by atoms with Gasteiger partial charge in [-0.1, -0.05) is 24.3 Å². The van der Waals surface area contributed by atoms with E-state index in [1.54, 1.807) is 12.1 Å². The van der Waals surface area contributed by atoms with E-state index in [9.17, 15) is 4.79 Å². The molecule has 2 atom stereocenters. The Hall–Kier alpha value is -2.73. The SMILES string of the molecule is COc1cc(C(=O)O[C@@H]2c3ccccc3CC[C@@H]2N(C)C)cc(OC)c1OC. The van der Waals surface area contributed by atoms with E-state index in [0.29, 0.717) is 22.8 Å². The molecule has 1 aliphatic rings. The van der Waals surface area contributed by atoms with Crippen molar-refractivity contribution in [3.8, 4) is 17.2 Å². The molecule has 0 bridgehead atoms. The molecule has 0 N–H and O–H groups in total. The third-order valence-electron chi connectivity index (χ3n) is 5.22. The molecule has 0 amide bonds. The van der Waals surface area contributed by atoms with Crippen LogP contribution in [0.4, 0.5) is 0 Å². The maximum atomic E-state index is 13.0. The Morgan fingerprint density at radius 1 is 1.00 bits per heavy atom. The molecule has 0 radical (unpaired) electrons. The first-order valence-electron chi connectivity index (χ1n) is 9.25. The Bertz CT molecular complexity index is 824. The maximum Gasteiger partial charge on any atom is 0.339 e. The zero-order valence-corrected chi connectivity index (χ0v) is 17.0. The van der Waals surface area contributed by atoms with Crippen LogP contribution in [0.15, 0.2) is 36.4 Å². The van der Waals surface area contributed by atoms with E-state index in [-0.39, 0.29) is 12.1 Å². The van der Waals surface area contributed by atoms with Crippen molar-refractivity contribution >= 4 is 5.97 Å². The van der Waals surface area contributed by atoms with Crippen LogP contribution in [0.1, 0.15) is 34.0 Å². The molecule has 3 rings (SSSR count). The number of ether oxygens (including phenoxy) is 4. The quantitative estimate of drug-likeness (QED) is 0.710. The van der Waals surface area contributed by atoms with Crippen LogP contribution in [0.25, 0.3) is 0 Å². The number of likely N-dealkylation sites (N-methyl/N-ethyl adjacent to an activating group) is 1. The second-order valence-corrected chi connectivity index (χ2v) is 7.01. The van der Waals surface area contributed by atoms with E-state index in [0.717, 1.165) is 18.4 Å². The standard InChI is InChI=1S/C22H27NO5/c1-23(2)17-11-10-14-8-6-7-9-16(14)20(17)28-22(24)15-12-18(25-3)21(27-5)19(13-15)26-4/h6-9,12-13,17,20H,10-11H2,1-5H3/t17-,20+/m0/s1. The Morgan fingerprint density at radius 3 is 2.21 bits per heavy atom. The highest BCUT2D eigenvalue weighted by Gasteiger charge is 2.34. The van der Waals surface area contributed by atoms with Gasteiger partial charge in [0.05, 0.1) is 32.9 Å². The summed E-state index contributed by atoms with van der Waals surface area (Å²) in [4.78, 5) is 15.1. The number of nitrogens with zero attached hydrogens (tertiary/aromatic N) is 1. The summed E-state index contributed by atoms with van der Waals surface area (Å²) < 4.78 is 22.1. The smallest absolute Gasteiger partial charge is 0.339 e. The second-order valence-electron chi connectivity index (χ2n) is 7.01. The maximum absolute atomic E-state index is 13.0. The van der Waals surface area contributed by atoms with Crippen molar-refractivity contribution in [3.63, 3.8) is 0 Å². The first-order chi connectivity index (χ1) is 13.5. The minimum absolute atomic E-state index is 0.112. The van der Waals surface area contributed by atoms with E-state index < -0.39 is 5.97 Å². The molecule has 6 nitrogen and oxygen atoms in total. The Labute approximate surface area is 166 Å². The fraction of sp³-hybridized carbons (Fsp3) is 0.409. The molecule has 2 aromatic rings. The number of benzene rings is 2. The number of aryl methyl sites for hydroxylation is 1. The third-order valence-corrected chi connectivity index (χ3v) is 5.22. The third kappa shape index (κ3) is 3.78. The van der Waals surface area contributed by atoms with Crippen LogP contribution >= 0.6 is 0 Å². The number of esters is 1. The van der Waals surface area contributed by atoms with Gasteiger partial charge >= 0.3 is 5.97 Å². The van der Waals surface area contributed by atoms with Gasteiger partial charge in [-0.25, -0.2) is 4.79 Å². The monoisotopic (exact) mass is 385 g/mol. The zero-order valence-electron chi connectivity index (χ0n) is 17.0. The fourth-order valence-electron chi connectivity index (χ4n) is 3.75. The Morgan fingerprint density at radius 2 is 1.64 bits per heavy atom. The number of hydrogen-bond donors (Lipinski definition) is 0. The van der Waals surface area contributed by atoms with Crippen molar-refractivity contribution in [2.24, 2.45) is 0 Å². The van der Waals surface area contributed by atoms with Gasteiger partial charge < -0.3 is 23.8 Å². The van der Waals surface area contributed by atoms with Crippen LogP contribution in [-0.4, -0.2) is 52.3 Å². The molecule has 28 heavy (non-hydrogen) atoms. The predicted molar refractivity (Wildman–Crippen MR) is 106 cm³/mol. The van der Waals surface area contributed by atoms with Crippen molar-refractivity contribution in [3.05, 3.63) is 53.1 Å². The molecule has 150 valence electrons. The van der Waals surface area contributed by atoms with Gasteiger partial charge in [-0.05, 0) is 50.2 Å². The molecular weight excluding hydrogens is 358 g/mol. The largest absolute Gasteiger partial charge is 0.493 e. The molecule has 1 aliphatic carbocycles. The topological polar surface area (TPSA) is 57.2 Å². The van der Waals surface area contributed by atoms with Crippen molar-refractivity contribution in [2.45, 2.75) is 25.0 Å². The summed E-state index contributed by atoms with van der Waals surface area (Å²) in [6.45, 7) is 0. The predicted octanol–water partition coefficient (Wildman–Crippen LogP) is 3.49. The second kappa shape index (κ2) is 8.52. The van der Waals surface area contributed by atoms with Crippen LogP contribution < -0.4 is 14.2 Å². The van der Waals surface area contributed by atoms with Crippen molar-refractivity contribution in [1.29, 1.82) is 0 Å². The number of rotatable bonds is 6. The summed E-state index contributed by atoms with van der Waals surface area (Å²) in [6.07, 6.45) is 1.56.